The van der Waals surface area contributed by atoms with Gasteiger partial charge in [-0.25, -0.2) is 0 Å². The van der Waals surface area contributed by atoms with E-state index in [1.807, 2.05) is 18.2 Å². The summed E-state index contributed by atoms with van der Waals surface area (Å²) in [5.41, 5.74) is 1.53. The van der Waals surface area contributed by atoms with Gasteiger partial charge in [-0.2, -0.15) is 0 Å². The second kappa shape index (κ2) is 4.42. The van der Waals surface area contributed by atoms with Crippen LogP contribution in [0.25, 0.3) is 11.1 Å². The van der Waals surface area contributed by atoms with E-state index in [2.05, 4.69) is 0 Å². The lowest BCUT2D eigenvalue weighted by atomic mass is 10.0. The molecule has 2 aromatic carbocycles. The number of hydrogen-bond acceptors (Lipinski definition) is 3. The molecule has 1 aliphatic heterocycles. The Bertz CT molecular complexity index is 596. The van der Waals surface area contributed by atoms with Crippen molar-refractivity contribution in [1.29, 1.82) is 0 Å². The molecular weight excluding hydrogens is 252 g/mol. The number of fused-ring (bicyclic) bond motifs is 1. The molecule has 0 aliphatic carbocycles. The minimum atomic E-state index is 0.191. The Hall–Kier alpha value is -1.87. The van der Waals surface area contributed by atoms with Crippen molar-refractivity contribution in [3.05, 3.63) is 41.4 Å². The van der Waals surface area contributed by atoms with Gasteiger partial charge < -0.3 is 14.6 Å². The summed E-state index contributed by atoms with van der Waals surface area (Å²) in [6, 6.07) is 10.5. The third kappa shape index (κ3) is 1.97. The highest BCUT2D eigenvalue weighted by atomic mass is 35.5. The van der Waals surface area contributed by atoms with E-state index in [0.29, 0.717) is 29.5 Å². The van der Waals surface area contributed by atoms with Crippen LogP contribution in [0, 0.1) is 0 Å². The van der Waals surface area contributed by atoms with Gasteiger partial charge in [0.25, 0.3) is 0 Å². The predicted molar refractivity (Wildman–Crippen MR) is 69.5 cm³/mol. The molecule has 0 aromatic heterocycles. The summed E-state index contributed by atoms with van der Waals surface area (Å²) in [6.07, 6.45) is 0. The van der Waals surface area contributed by atoms with E-state index < -0.39 is 0 Å². The zero-order valence-electron chi connectivity index (χ0n) is 9.52. The van der Waals surface area contributed by atoms with Gasteiger partial charge >= 0.3 is 0 Å². The van der Waals surface area contributed by atoms with E-state index in [1.54, 1.807) is 18.2 Å². The molecule has 0 amide bonds. The molecule has 3 rings (SSSR count). The third-order valence-electron chi connectivity index (χ3n) is 2.81. The number of phenols is 1. The Morgan fingerprint density at radius 3 is 2.56 bits per heavy atom. The molecule has 18 heavy (non-hydrogen) atoms. The summed E-state index contributed by atoms with van der Waals surface area (Å²) in [7, 11) is 0. The summed E-state index contributed by atoms with van der Waals surface area (Å²) in [5.74, 6) is 1.61. The molecule has 1 N–H and O–H groups in total. The Morgan fingerprint density at radius 1 is 0.944 bits per heavy atom. The van der Waals surface area contributed by atoms with Crippen LogP contribution < -0.4 is 9.47 Å². The number of ether oxygens (including phenoxy) is 2. The van der Waals surface area contributed by atoms with E-state index in [9.17, 15) is 5.11 Å². The summed E-state index contributed by atoms with van der Waals surface area (Å²) < 4.78 is 11.0. The number of rotatable bonds is 1. The van der Waals surface area contributed by atoms with Crippen LogP contribution in [-0.2, 0) is 0 Å². The van der Waals surface area contributed by atoms with Crippen LogP contribution in [0.15, 0.2) is 36.4 Å². The van der Waals surface area contributed by atoms with Crippen molar-refractivity contribution in [2.75, 3.05) is 13.2 Å². The molecule has 3 nitrogen and oxygen atoms in total. The van der Waals surface area contributed by atoms with Crippen molar-refractivity contribution in [1.82, 2.24) is 0 Å². The van der Waals surface area contributed by atoms with Crippen LogP contribution in [0.5, 0.6) is 17.2 Å². The first-order valence-corrected chi connectivity index (χ1v) is 6.00. The average molecular weight is 263 g/mol. The Labute approximate surface area is 110 Å². The van der Waals surface area contributed by atoms with Crippen LogP contribution in [0.1, 0.15) is 0 Å². The zero-order valence-corrected chi connectivity index (χ0v) is 10.3. The van der Waals surface area contributed by atoms with Crippen molar-refractivity contribution in [3.8, 4) is 28.4 Å². The topological polar surface area (TPSA) is 38.7 Å². The monoisotopic (exact) mass is 262 g/mol. The summed E-state index contributed by atoms with van der Waals surface area (Å²) >= 11 is 5.94. The van der Waals surface area contributed by atoms with Gasteiger partial charge in [-0.1, -0.05) is 17.7 Å². The highest BCUT2D eigenvalue weighted by Crippen LogP contribution is 2.38. The molecule has 0 spiro atoms. The van der Waals surface area contributed by atoms with Gasteiger partial charge in [0, 0.05) is 10.6 Å². The fraction of sp³-hybridized carbons (Fsp3) is 0.143. The average Bonchev–Trinajstić information content (AvgIpc) is 2.41. The molecule has 0 atom stereocenters. The highest BCUT2D eigenvalue weighted by Gasteiger charge is 2.14. The van der Waals surface area contributed by atoms with Crippen LogP contribution in [0.3, 0.4) is 0 Å². The molecule has 0 unspecified atom stereocenters. The Balaban J connectivity index is 2.09. The molecule has 92 valence electrons. The molecule has 0 saturated carbocycles. The van der Waals surface area contributed by atoms with Crippen molar-refractivity contribution in [3.63, 3.8) is 0 Å². The van der Waals surface area contributed by atoms with Gasteiger partial charge in [-0.05, 0) is 35.9 Å². The number of phenolic OH excluding ortho intramolecular Hbond substituents is 1. The maximum absolute atomic E-state index is 9.86. The van der Waals surface area contributed by atoms with Crippen molar-refractivity contribution in [2.24, 2.45) is 0 Å². The molecule has 1 heterocycles. The standard InChI is InChI=1S/C14H11ClO3/c15-10-2-3-12(16)11(8-10)9-1-4-13-14(7-9)18-6-5-17-13/h1-4,7-8,16H,5-6H2. The molecular formula is C14H11ClO3. The third-order valence-corrected chi connectivity index (χ3v) is 3.05. The minimum Gasteiger partial charge on any atom is -0.507 e. The van der Waals surface area contributed by atoms with E-state index in [1.165, 1.54) is 0 Å². The van der Waals surface area contributed by atoms with Crippen molar-refractivity contribution in [2.45, 2.75) is 0 Å². The molecule has 2 aromatic rings. The van der Waals surface area contributed by atoms with Gasteiger partial charge in [0.15, 0.2) is 11.5 Å². The first-order valence-electron chi connectivity index (χ1n) is 5.62. The Morgan fingerprint density at radius 2 is 1.72 bits per heavy atom. The van der Waals surface area contributed by atoms with Gasteiger partial charge in [-0.15, -0.1) is 0 Å². The number of halogens is 1. The first-order chi connectivity index (χ1) is 8.74. The Kier molecular flexibility index (Phi) is 2.76. The van der Waals surface area contributed by atoms with Crippen LogP contribution in [0.4, 0.5) is 0 Å². The van der Waals surface area contributed by atoms with E-state index in [4.69, 9.17) is 21.1 Å². The van der Waals surface area contributed by atoms with Gasteiger partial charge in [0.1, 0.15) is 19.0 Å². The van der Waals surface area contributed by atoms with Crippen LogP contribution in [-0.4, -0.2) is 18.3 Å². The molecule has 0 bridgehead atoms. The fourth-order valence-electron chi connectivity index (χ4n) is 1.95. The lowest BCUT2D eigenvalue weighted by Gasteiger charge is -2.19. The lowest BCUT2D eigenvalue weighted by Crippen LogP contribution is -2.15. The maximum Gasteiger partial charge on any atom is 0.161 e. The summed E-state index contributed by atoms with van der Waals surface area (Å²) in [5, 5.41) is 10.4. The molecule has 0 radical (unpaired) electrons. The second-order valence-electron chi connectivity index (χ2n) is 4.02. The smallest absolute Gasteiger partial charge is 0.161 e. The van der Waals surface area contributed by atoms with Gasteiger partial charge in [-0.3, -0.25) is 0 Å². The van der Waals surface area contributed by atoms with E-state index in [-0.39, 0.29) is 5.75 Å². The SMILES string of the molecule is Oc1ccc(Cl)cc1-c1ccc2c(c1)OCCO2. The molecule has 0 fully saturated rings. The molecule has 0 saturated heterocycles. The van der Waals surface area contributed by atoms with Crippen molar-refractivity contribution >= 4 is 11.6 Å². The highest BCUT2D eigenvalue weighted by molar-refractivity contribution is 6.31. The summed E-state index contributed by atoms with van der Waals surface area (Å²) in [6.45, 7) is 1.10. The van der Waals surface area contributed by atoms with Crippen LogP contribution >= 0.6 is 11.6 Å². The number of hydrogen-bond donors (Lipinski definition) is 1. The lowest BCUT2D eigenvalue weighted by molar-refractivity contribution is 0.171. The quantitative estimate of drug-likeness (QED) is 0.855. The first kappa shape index (κ1) is 11.2. The summed E-state index contributed by atoms with van der Waals surface area (Å²) in [4.78, 5) is 0. The number of benzene rings is 2. The molecule has 1 aliphatic rings. The maximum atomic E-state index is 9.86. The zero-order chi connectivity index (χ0) is 12.5. The van der Waals surface area contributed by atoms with Crippen LogP contribution in [0.2, 0.25) is 5.02 Å². The van der Waals surface area contributed by atoms with E-state index >= 15 is 0 Å². The van der Waals surface area contributed by atoms with E-state index in [0.717, 1.165) is 11.3 Å². The largest absolute Gasteiger partial charge is 0.507 e. The normalized spacial score (nSPS) is 13.4. The fourth-order valence-corrected chi connectivity index (χ4v) is 2.12. The molecule has 4 heteroatoms. The van der Waals surface area contributed by atoms with Gasteiger partial charge in [0.05, 0.1) is 0 Å². The second-order valence-corrected chi connectivity index (χ2v) is 4.46. The van der Waals surface area contributed by atoms with Crippen molar-refractivity contribution < 1.29 is 14.6 Å². The predicted octanol–water partition coefficient (Wildman–Crippen LogP) is 3.48. The number of aromatic hydroxyl groups is 1. The van der Waals surface area contributed by atoms with Gasteiger partial charge in [0.2, 0.25) is 0 Å². The minimum absolute atomic E-state index is 0.191.